The second-order valence-electron chi connectivity index (χ2n) is 23.9. The zero-order valence-electron chi connectivity index (χ0n) is 59.5. The van der Waals surface area contributed by atoms with E-state index < -0.39 is 151 Å². The van der Waals surface area contributed by atoms with Crippen molar-refractivity contribution >= 4 is 113 Å². The van der Waals surface area contributed by atoms with Gasteiger partial charge >= 0.3 is 0 Å². The molecule has 46 N–H and O–H groups in total. The summed E-state index contributed by atoms with van der Waals surface area (Å²) in [5.41, 5.74) is 100. The van der Waals surface area contributed by atoms with Gasteiger partial charge in [0.05, 0.1) is 12.6 Å². The summed E-state index contributed by atoms with van der Waals surface area (Å²) in [6, 6.07) is -14.5. The van der Waals surface area contributed by atoms with E-state index in [4.69, 9.17) is 103 Å². The van der Waals surface area contributed by atoms with Crippen LogP contribution in [0.15, 0.2) is 34.9 Å². The number of carbonyl (C=O) groups excluding carboxylic acids is 12. The van der Waals surface area contributed by atoms with Crippen LogP contribution >= 0.6 is 0 Å². The highest BCUT2D eigenvalue weighted by molar-refractivity contribution is 5.99. The van der Waals surface area contributed by atoms with Crippen molar-refractivity contribution in [3.8, 4) is 0 Å². The highest BCUT2D eigenvalue weighted by atomic mass is 16.2. The average molecular weight is 1490 g/mol. The second-order valence-corrected chi connectivity index (χ2v) is 23.9. The SMILES string of the molecule is C[C@H](N)C(=O)NCC(=O)N[C@@H](CCCN=C(N)N)C(=O)N[C@@H](CCCCN)C(=O)N[C@@H](CCCN=C(N)N)C(=O)N[C@@H](CCCN=C(N)N)C(=O)N[C@@H](CCCN=C(N)N)C(=O)N[C@@H](CCC(N)=O)C(=O)N[C@@H](CCCN=C(N)N)C(=O)N[C@@H](CCCN=C(N)N)C(=O)N[C@@H](CCCN=C(N)N)C(N)=O. The van der Waals surface area contributed by atoms with E-state index in [0.29, 0.717) is 6.42 Å². The number of guanidine groups is 7. The lowest BCUT2D eigenvalue weighted by Crippen LogP contribution is -2.60. The molecule has 47 nitrogen and oxygen atoms in total. The van der Waals surface area contributed by atoms with Gasteiger partial charge in [-0.25, -0.2) is 0 Å². The van der Waals surface area contributed by atoms with E-state index in [1.165, 1.54) is 6.92 Å². The molecule has 47 heteroatoms. The fourth-order valence-corrected chi connectivity index (χ4v) is 9.49. The summed E-state index contributed by atoms with van der Waals surface area (Å²) in [4.78, 5) is 194. The Kier molecular flexibility index (Phi) is 47.4. The molecular weight excluding hydrogens is 1380 g/mol. The van der Waals surface area contributed by atoms with Crippen molar-refractivity contribution in [2.45, 2.75) is 189 Å². The van der Waals surface area contributed by atoms with Gasteiger partial charge in [-0.05, 0) is 129 Å². The number of rotatable bonds is 56. The Morgan fingerprint density at radius 1 is 0.276 bits per heavy atom. The van der Waals surface area contributed by atoms with Crippen LogP contribution < -0.4 is 156 Å². The van der Waals surface area contributed by atoms with Crippen LogP contribution in [-0.2, 0) is 57.5 Å². The maximum absolute atomic E-state index is 14.8. The van der Waals surface area contributed by atoms with Gasteiger partial charge in [0, 0.05) is 52.2 Å². The molecule has 10 atom stereocenters. The quantitative estimate of drug-likeness (QED) is 0.0153. The monoisotopic (exact) mass is 1490 g/mol. The molecule has 0 unspecified atom stereocenters. The molecule has 0 aliphatic carbocycles. The van der Waals surface area contributed by atoms with Crippen LogP contribution in [0.3, 0.4) is 0 Å². The molecule has 0 heterocycles. The third-order valence-corrected chi connectivity index (χ3v) is 14.8. The first-order valence-corrected chi connectivity index (χ1v) is 33.9. The van der Waals surface area contributed by atoms with E-state index in [1.807, 2.05) is 0 Å². The number of carbonyl (C=O) groups is 12. The Labute approximate surface area is 607 Å². The molecule has 0 saturated carbocycles. The normalized spacial score (nSPS) is 13.5. The topological polar surface area (TPSA) is 880 Å². The van der Waals surface area contributed by atoms with E-state index in [2.05, 4.69) is 88.1 Å². The Morgan fingerprint density at radius 3 is 0.695 bits per heavy atom. The molecule has 594 valence electrons. The molecule has 0 fully saturated rings. The number of amides is 12. The molecule has 12 amide bonds. The number of nitrogens with two attached hydrogens (primary N) is 18. The molecule has 0 aromatic heterocycles. The Hall–Kier alpha value is -11.5. The minimum Gasteiger partial charge on any atom is -0.370 e. The number of aliphatic imine (C=N–C) groups is 7. The fourth-order valence-electron chi connectivity index (χ4n) is 9.49. The van der Waals surface area contributed by atoms with E-state index in [-0.39, 0.29) is 197 Å². The highest BCUT2D eigenvalue weighted by Gasteiger charge is 2.36. The van der Waals surface area contributed by atoms with Crippen molar-refractivity contribution in [3.05, 3.63) is 0 Å². The zero-order valence-corrected chi connectivity index (χ0v) is 59.5. The number of nitrogens with one attached hydrogen (secondary N) is 10. The number of primary amides is 2. The lowest BCUT2D eigenvalue weighted by molar-refractivity contribution is -0.136. The van der Waals surface area contributed by atoms with E-state index in [1.54, 1.807) is 0 Å². The summed E-state index contributed by atoms with van der Waals surface area (Å²) in [7, 11) is 0. The van der Waals surface area contributed by atoms with Gasteiger partial charge in [0.15, 0.2) is 41.7 Å². The first-order chi connectivity index (χ1) is 49.5. The average Bonchev–Trinajstić information content (AvgIpc) is 0.865. The van der Waals surface area contributed by atoms with Gasteiger partial charge in [0.25, 0.3) is 0 Å². The molecular formula is C58H115N35O12. The van der Waals surface area contributed by atoms with Gasteiger partial charge in [0.1, 0.15) is 54.4 Å². The third kappa shape index (κ3) is 45.8. The van der Waals surface area contributed by atoms with Crippen molar-refractivity contribution in [2.24, 2.45) is 138 Å². The molecule has 0 saturated heterocycles. The van der Waals surface area contributed by atoms with Crippen LogP contribution in [0.2, 0.25) is 0 Å². The van der Waals surface area contributed by atoms with Crippen LogP contribution in [0.5, 0.6) is 0 Å². The van der Waals surface area contributed by atoms with Crippen LogP contribution in [0.25, 0.3) is 0 Å². The van der Waals surface area contributed by atoms with Gasteiger partial charge in [-0.1, -0.05) is 0 Å². The molecule has 105 heavy (non-hydrogen) atoms. The molecule has 0 aromatic rings. The number of nitrogens with zero attached hydrogens (tertiary/aromatic N) is 7. The Bertz CT molecular complexity index is 3010. The van der Waals surface area contributed by atoms with E-state index in [0.717, 1.165) is 0 Å². The summed E-state index contributed by atoms with van der Waals surface area (Å²) in [5, 5.41) is 25.5. The second kappa shape index (κ2) is 53.3. The van der Waals surface area contributed by atoms with E-state index >= 15 is 0 Å². The maximum atomic E-state index is 14.8. The van der Waals surface area contributed by atoms with Crippen LogP contribution in [0.4, 0.5) is 0 Å². The predicted molar refractivity (Wildman–Crippen MR) is 394 cm³/mol. The number of unbranched alkanes of at least 4 members (excludes halogenated alkanes) is 1. The maximum Gasteiger partial charge on any atom is 0.243 e. The molecule has 0 bridgehead atoms. The van der Waals surface area contributed by atoms with Crippen molar-refractivity contribution in [1.29, 1.82) is 0 Å². The lowest BCUT2D eigenvalue weighted by Gasteiger charge is -2.28. The fraction of sp³-hybridized carbons (Fsp3) is 0.672. The summed E-state index contributed by atoms with van der Waals surface area (Å²) >= 11 is 0. The third-order valence-electron chi connectivity index (χ3n) is 14.8. The standard InChI is InChI=1S/C58H115N35O12/c1-30(60)43(97)84-29-41(95)85-32(13-5-23-78-53(65)66)44(98)87-33(11-2-3-21-59)46(100)89-35(15-7-25-80-55(69)70)47(101)90-36(16-8-26-81-56(71)72)48(102)91-38(18-10-28-83-58(75)76)50(104)93-39(19-20-40(61)94)51(105)92-37(17-9-27-82-57(73)74)49(103)88-34(14-6-24-79-54(67)68)45(99)86-31(42(62)96)12-4-22-77-52(63)64/h30-39H,2-29,59-60H2,1H3,(H2,61,94)(H2,62,96)(H,84,97)(H,85,95)(H,86,99)(H,87,98)(H,88,103)(H,89,100)(H,90,101)(H,91,102)(H,92,105)(H,93,104)(H4,63,64,77)(H4,65,66,78)(H4,67,68,79)(H4,69,70,80)(H4,71,72,81)(H4,73,74,82)(H4,75,76,83)/t30-,31-,32-,33-,34-,35-,36-,37-,38-,39-/m0/s1. The molecule has 0 aliphatic rings. The molecule has 0 aliphatic heterocycles. The van der Waals surface area contributed by atoms with Gasteiger partial charge in [0.2, 0.25) is 70.9 Å². The first kappa shape index (κ1) is 93.5. The molecule has 0 rings (SSSR count). The minimum atomic E-state index is -1.73. The lowest BCUT2D eigenvalue weighted by atomic mass is 10.0. The predicted octanol–water partition coefficient (Wildman–Crippen LogP) is -13.9. The van der Waals surface area contributed by atoms with Crippen LogP contribution in [0, 0.1) is 0 Å². The summed E-state index contributed by atoms with van der Waals surface area (Å²) in [5.74, 6) is -13.1. The van der Waals surface area contributed by atoms with Gasteiger partial charge in [-0.15, -0.1) is 0 Å². The van der Waals surface area contributed by atoms with Crippen LogP contribution in [0.1, 0.15) is 129 Å². The molecule has 0 aromatic carbocycles. The van der Waals surface area contributed by atoms with Crippen molar-refractivity contribution in [3.63, 3.8) is 0 Å². The minimum absolute atomic E-state index is 0.00823. The van der Waals surface area contributed by atoms with E-state index in [9.17, 15) is 57.5 Å². The number of hydrogen-bond acceptors (Lipinski definition) is 21. The molecule has 0 spiro atoms. The Balaban J connectivity index is 7.77. The smallest absolute Gasteiger partial charge is 0.243 e. The van der Waals surface area contributed by atoms with Gasteiger partial charge < -0.3 is 156 Å². The van der Waals surface area contributed by atoms with Gasteiger partial charge in [-0.2, -0.15) is 0 Å². The summed E-state index contributed by atoms with van der Waals surface area (Å²) in [6.07, 6.45) is -1.30. The first-order valence-electron chi connectivity index (χ1n) is 33.9. The zero-order chi connectivity index (χ0) is 79.6. The highest BCUT2D eigenvalue weighted by Crippen LogP contribution is 2.13. The summed E-state index contributed by atoms with van der Waals surface area (Å²) < 4.78 is 0. The van der Waals surface area contributed by atoms with Crippen LogP contribution in [-0.4, -0.2) is 232 Å². The summed E-state index contributed by atoms with van der Waals surface area (Å²) in [6.45, 7) is 0.733. The van der Waals surface area contributed by atoms with Crippen molar-refractivity contribution in [1.82, 2.24) is 53.2 Å². The Morgan fingerprint density at radius 2 is 0.486 bits per heavy atom. The van der Waals surface area contributed by atoms with Crippen molar-refractivity contribution in [2.75, 3.05) is 58.9 Å². The van der Waals surface area contributed by atoms with Crippen molar-refractivity contribution < 1.29 is 57.5 Å². The number of hydrogen-bond donors (Lipinski definition) is 28. The van der Waals surface area contributed by atoms with Gasteiger partial charge in [-0.3, -0.25) is 92.5 Å². The molecule has 0 radical (unpaired) electrons. The largest absolute Gasteiger partial charge is 0.370 e.